The number of rotatable bonds is 9. The van der Waals surface area contributed by atoms with Gasteiger partial charge in [0.15, 0.2) is 0 Å². The van der Waals surface area contributed by atoms with E-state index in [0.717, 1.165) is 29.5 Å². The molecule has 2 rings (SSSR count). The van der Waals surface area contributed by atoms with Crippen LogP contribution in [0.2, 0.25) is 0 Å². The van der Waals surface area contributed by atoms with E-state index in [1.54, 1.807) is 0 Å². The summed E-state index contributed by atoms with van der Waals surface area (Å²) in [5, 5.41) is 2.78. The minimum absolute atomic E-state index is 0.125. The first-order valence-electron chi connectivity index (χ1n) is 9.71. The third-order valence-corrected chi connectivity index (χ3v) is 5.98. The van der Waals surface area contributed by atoms with Crippen molar-refractivity contribution in [2.24, 2.45) is 0 Å². The van der Waals surface area contributed by atoms with E-state index in [4.69, 9.17) is 0 Å². The third kappa shape index (κ3) is 6.56. The standard InChI is InChI=1S/C22H29FN2O3S/c1-16(2)19-12-10-18(11-13-19)7-6-14-24-22(26)17(3)25(29(4,27)28)21-9-5-8-20(23)15-21/h5,8-13,15-17H,6-7,14H2,1-4H3,(H,24,26)/t17-/m0/s1. The van der Waals surface area contributed by atoms with Crippen molar-refractivity contribution in [3.05, 3.63) is 65.5 Å². The van der Waals surface area contributed by atoms with E-state index < -0.39 is 27.8 Å². The number of hydrogen-bond donors (Lipinski definition) is 1. The summed E-state index contributed by atoms with van der Waals surface area (Å²) in [5.41, 5.74) is 2.60. The molecule has 0 aliphatic carbocycles. The zero-order chi connectivity index (χ0) is 21.6. The number of nitrogens with one attached hydrogen (secondary N) is 1. The van der Waals surface area contributed by atoms with Crippen LogP contribution in [0.3, 0.4) is 0 Å². The van der Waals surface area contributed by atoms with Crippen molar-refractivity contribution in [3.8, 4) is 0 Å². The number of nitrogens with zero attached hydrogens (tertiary/aromatic N) is 1. The van der Waals surface area contributed by atoms with Gasteiger partial charge in [0.05, 0.1) is 11.9 Å². The fourth-order valence-electron chi connectivity index (χ4n) is 3.14. The first-order valence-corrected chi connectivity index (χ1v) is 11.6. The van der Waals surface area contributed by atoms with Crippen LogP contribution in [-0.4, -0.2) is 33.2 Å². The van der Waals surface area contributed by atoms with E-state index in [1.165, 1.54) is 36.2 Å². The minimum atomic E-state index is -3.76. The van der Waals surface area contributed by atoms with Crippen molar-refractivity contribution >= 4 is 21.6 Å². The molecule has 1 atom stereocenters. The maximum absolute atomic E-state index is 13.5. The smallest absolute Gasteiger partial charge is 0.243 e. The van der Waals surface area contributed by atoms with E-state index in [1.807, 2.05) is 0 Å². The van der Waals surface area contributed by atoms with Gasteiger partial charge in [-0.05, 0) is 55.0 Å². The number of carbonyl (C=O) groups excluding carboxylic acids is 1. The minimum Gasteiger partial charge on any atom is -0.354 e. The Kier molecular flexibility index (Phi) is 7.79. The van der Waals surface area contributed by atoms with Crippen LogP contribution in [0, 0.1) is 5.82 Å². The van der Waals surface area contributed by atoms with Crippen LogP contribution in [-0.2, 0) is 21.2 Å². The van der Waals surface area contributed by atoms with Crippen molar-refractivity contribution in [3.63, 3.8) is 0 Å². The quantitative estimate of drug-likeness (QED) is 0.627. The highest BCUT2D eigenvalue weighted by molar-refractivity contribution is 7.92. The molecule has 0 aromatic heterocycles. The molecule has 5 nitrogen and oxygen atoms in total. The zero-order valence-electron chi connectivity index (χ0n) is 17.4. The Balaban J connectivity index is 1.94. The van der Waals surface area contributed by atoms with Crippen LogP contribution in [0.1, 0.15) is 44.2 Å². The zero-order valence-corrected chi connectivity index (χ0v) is 18.2. The average Bonchev–Trinajstić information content (AvgIpc) is 2.64. The second-order valence-corrected chi connectivity index (χ2v) is 9.36. The van der Waals surface area contributed by atoms with Crippen LogP contribution in [0.4, 0.5) is 10.1 Å². The van der Waals surface area contributed by atoms with Gasteiger partial charge in [0.1, 0.15) is 11.9 Å². The molecule has 158 valence electrons. The molecule has 0 aliphatic heterocycles. The van der Waals surface area contributed by atoms with Gasteiger partial charge in [0.2, 0.25) is 15.9 Å². The summed E-state index contributed by atoms with van der Waals surface area (Å²) in [6.07, 6.45) is 2.55. The molecule has 0 heterocycles. The van der Waals surface area contributed by atoms with Gasteiger partial charge in [0.25, 0.3) is 0 Å². The van der Waals surface area contributed by atoms with Crippen molar-refractivity contribution < 1.29 is 17.6 Å². The third-order valence-electron chi connectivity index (χ3n) is 4.74. The molecule has 1 amide bonds. The second kappa shape index (κ2) is 9.87. The molecule has 0 bridgehead atoms. The monoisotopic (exact) mass is 420 g/mol. The summed E-state index contributed by atoms with van der Waals surface area (Å²) < 4.78 is 38.9. The SMILES string of the molecule is CC(C)c1ccc(CCCNC(=O)[C@H](C)N(c2cccc(F)c2)S(C)(=O)=O)cc1. The molecule has 0 radical (unpaired) electrons. The van der Waals surface area contributed by atoms with E-state index >= 15 is 0 Å². The maximum atomic E-state index is 13.5. The summed E-state index contributed by atoms with van der Waals surface area (Å²) >= 11 is 0. The number of benzene rings is 2. The fraction of sp³-hybridized carbons (Fsp3) is 0.409. The molecule has 0 unspecified atom stereocenters. The second-order valence-electron chi connectivity index (χ2n) is 7.51. The molecule has 0 spiro atoms. The van der Waals surface area contributed by atoms with Crippen LogP contribution in [0.5, 0.6) is 0 Å². The number of sulfonamides is 1. The molecule has 2 aromatic carbocycles. The van der Waals surface area contributed by atoms with Crippen molar-refractivity contribution in [2.75, 3.05) is 17.1 Å². The molecule has 7 heteroatoms. The molecule has 0 saturated carbocycles. The van der Waals surface area contributed by atoms with Gasteiger partial charge in [-0.2, -0.15) is 0 Å². The van der Waals surface area contributed by atoms with Crippen LogP contribution in [0.25, 0.3) is 0 Å². The van der Waals surface area contributed by atoms with E-state index in [2.05, 4.69) is 43.4 Å². The normalized spacial score (nSPS) is 12.6. The van der Waals surface area contributed by atoms with Crippen LogP contribution in [0.15, 0.2) is 48.5 Å². The summed E-state index contributed by atoms with van der Waals surface area (Å²) in [6.45, 7) is 6.21. The van der Waals surface area contributed by atoms with Gasteiger partial charge in [-0.3, -0.25) is 9.10 Å². The van der Waals surface area contributed by atoms with Gasteiger partial charge in [-0.25, -0.2) is 12.8 Å². The Labute approximate surface area is 173 Å². The first kappa shape index (κ1) is 22.9. The first-order chi connectivity index (χ1) is 13.6. The molecular weight excluding hydrogens is 391 g/mol. The lowest BCUT2D eigenvalue weighted by atomic mass is 10.0. The van der Waals surface area contributed by atoms with Gasteiger partial charge >= 0.3 is 0 Å². The number of amides is 1. The summed E-state index contributed by atoms with van der Waals surface area (Å²) in [6, 6.07) is 12.6. The molecule has 2 aromatic rings. The molecule has 0 aliphatic rings. The predicted molar refractivity (Wildman–Crippen MR) is 115 cm³/mol. The Bertz CT molecular complexity index is 927. The number of carbonyl (C=O) groups is 1. The Hall–Kier alpha value is -2.41. The Morgan fingerprint density at radius 3 is 2.31 bits per heavy atom. The summed E-state index contributed by atoms with van der Waals surface area (Å²) in [4.78, 5) is 12.5. The lowest BCUT2D eigenvalue weighted by Gasteiger charge is -2.28. The number of hydrogen-bond acceptors (Lipinski definition) is 3. The van der Waals surface area contributed by atoms with Crippen molar-refractivity contribution in [2.45, 2.75) is 45.6 Å². The Morgan fingerprint density at radius 2 is 1.76 bits per heavy atom. The maximum Gasteiger partial charge on any atom is 0.243 e. The Morgan fingerprint density at radius 1 is 1.10 bits per heavy atom. The van der Waals surface area contributed by atoms with Crippen LogP contribution >= 0.6 is 0 Å². The topological polar surface area (TPSA) is 66.5 Å². The molecule has 0 fully saturated rings. The van der Waals surface area contributed by atoms with Gasteiger partial charge in [0, 0.05) is 6.54 Å². The van der Waals surface area contributed by atoms with Crippen molar-refractivity contribution in [1.29, 1.82) is 0 Å². The van der Waals surface area contributed by atoms with Gasteiger partial charge in [-0.15, -0.1) is 0 Å². The highest BCUT2D eigenvalue weighted by Crippen LogP contribution is 2.21. The van der Waals surface area contributed by atoms with Gasteiger partial charge in [-0.1, -0.05) is 44.2 Å². The van der Waals surface area contributed by atoms with Gasteiger partial charge < -0.3 is 5.32 Å². The largest absolute Gasteiger partial charge is 0.354 e. The number of anilines is 1. The lowest BCUT2D eigenvalue weighted by Crippen LogP contribution is -2.48. The summed E-state index contributed by atoms with van der Waals surface area (Å²) in [7, 11) is -3.76. The van der Waals surface area contributed by atoms with E-state index in [0.29, 0.717) is 12.5 Å². The summed E-state index contributed by atoms with van der Waals surface area (Å²) in [5.74, 6) is -0.497. The molecule has 0 saturated heterocycles. The van der Waals surface area contributed by atoms with Crippen molar-refractivity contribution in [1.82, 2.24) is 5.32 Å². The highest BCUT2D eigenvalue weighted by Gasteiger charge is 2.29. The van der Waals surface area contributed by atoms with Crippen LogP contribution < -0.4 is 9.62 Å². The number of halogens is 1. The van der Waals surface area contributed by atoms with E-state index in [-0.39, 0.29) is 5.69 Å². The number of aryl methyl sites for hydroxylation is 1. The molecular formula is C22H29FN2O3S. The molecule has 29 heavy (non-hydrogen) atoms. The highest BCUT2D eigenvalue weighted by atomic mass is 32.2. The average molecular weight is 421 g/mol. The van der Waals surface area contributed by atoms with E-state index in [9.17, 15) is 17.6 Å². The molecule has 1 N–H and O–H groups in total. The fourth-order valence-corrected chi connectivity index (χ4v) is 4.31. The lowest BCUT2D eigenvalue weighted by molar-refractivity contribution is -0.121. The predicted octanol–water partition coefficient (Wildman–Crippen LogP) is 3.85.